The first-order valence-electron chi connectivity index (χ1n) is 13.6. The van der Waals surface area contributed by atoms with Crippen molar-refractivity contribution in [3.8, 4) is 22.4 Å². The Kier molecular flexibility index (Phi) is 4.98. The summed E-state index contributed by atoms with van der Waals surface area (Å²) in [5.74, 6) is 0.591. The van der Waals surface area contributed by atoms with E-state index in [0.717, 1.165) is 39.5 Å². The van der Waals surface area contributed by atoms with Crippen LogP contribution in [0.25, 0.3) is 71.1 Å². The molecule has 2 heterocycles. The van der Waals surface area contributed by atoms with E-state index in [1.54, 1.807) is 0 Å². The Morgan fingerprint density at radius 3 is 2.23 bits per heavy atom. The van der Waals surface area contributed by atoms with Crippen LogP contribution in [-0.2, 0) is 0 Å². The number of thiophene rings is 1. The Morgan fingerprint density at radius 1 is 0.718 bits per heavy atom. The van der Waals surface area contributed by atoms with Gasteiger partial charge in [0, 0.05) is 31.3 Å². The highest BCUT2D eigenvalue weighted by atomic mass is 32.1. The van der Waals surface area contributed by atoms with Crippen molar-refractivity contribution in [1.29, 1.82) is 0 Å². The van der Waals surface area contributed by atoms with Gasteiger partial charge in [0.15, 0.2) is 0 Å². The second-order valence-corrected chi connectivity index (χ2v) is 11.8. The average Bonchev–Trinajstić information content (AvgIpc) is 3.38. The van der Waals surface area contributed by atoms with Gasteiger partial charge in [-0.25, -0.2) is 4.98 Å². The van der Waals surface area contributed by atoms with E-state index in [1.807, 2.05) is 17.5 Å². The zero-order valence-corrected chi connectivity index (χ0v) is 22.7. The first-order valence-corrected chi connectivity index (χ1v) is 14.4. The van der Waals surface area contributed by atoms with E-state index >= 15 is 0 Å². The number of aromatic nitrogens is 2. The largest absolute Gasteiger partial charge is 0.252 e. The predicted molar refractivity (Wildman–Crippen MR) is 168 cm³/mol. The second-order valence-electron chi connectivity index (χ2n) is 10.7. The quantitative estimate of drug-likeness (QED) is 0.213. The first-order chi connectivity index (χ1) is 19.2. The molecule has 0 aliphatic heterocycles. The Hall–Kier alpha value is -4.34. The molecule has 0 saturated heterocycles. The van der Waals surface area contributed by atoms with E-state index in [9.17, 15) is 0 Å². The summed E-state index contributed by atoms with van der Waals surface area (Å²) in [7, 11) is 0. The number of hydrogen-bond donors (Lipinski definition) is 0. The molecule has 2 aromatic heterocycles. The Labute approximate surface area is 231 Å². The zero-order valence-electron chi connectivity index (χ0n) is 21.9. The highest BCUT2D eigenvalue weighted by molar-refractivity contribution is 7.19. The van der Waals surface area contributed by atoms with Crippen molar-refractivity contribution < 1.29 is 0 Å². The molecule has 1 aliphatic rings. The van der Waals surface area contributed by atoms with Crippen LogP contribution in [0.5, 0.6) is 0 Å². The molecule has 0 N–H and O–H groups in total. The minimum Gasteiger partial charge on any atom is -0.252 e. The van der Waals surface area contributed by atoms with Gasteiger partial charge < -0.3 is 0 Å². The topological polar surface area (TPSA) is 25.8 Å². The third kappa shape index (κ3) is 3.47. The summed E-state index contributed by atoms with van der Waals surface area (Å²) in [6, 6.07) is 30.5. The summed E-state index contributed by atoms with van der Waals surface area (Å²) in [6.45, 7) is 4.59. The SMILES string of the molecule is Cc1cc(-c2cccc(-c3cnc4c5ccccc5c5ccccc5c4n3)c2)cc2c3c(sc12)C(C)CC=C3. The molecule has 2 nitrogen and oxygen atoms in total. The number of rotatable bonds is 2. The molecule has 1 atom stereocenters. The van der Waals surface area contributed by atoms with Crippen LogP contribution in [0.4, 0.5) is 0 Å². The molecule has 39 heavy (non-hydrogen) atoms. The maximum absolute atomic E-state index is 5.21. The van der Waals surface area contributed by atoms with Gasteiger partial charge >= 0.3 is 0 Å². The highest BCUT2D eigenvalue weighted by Crippen LogP contribution is 2.44. The van der Waals surface area contributed by atoms with Crippen molar-refractivity contribution in [1.82, 2.24) is 9.97 Å². The molecule has 7 aromatic rings. The van der Waals surface area contributed by atoms with E-state index in [4.69, 9.17) is 9.97 Å². The molecule has 0 saturated carbocycles. The molecule has 5 aromatic carbocycles. The summed E-state index contributed by atoms with van der Waals surface area (Å²) < 4.78 is 1.41. The molecule has 0 bridgehead atoms. The molecule has 0 fully saturated rings. The molecule has 8 rings (SSSR count). The monoisotopic (exact) mass is 518 g/mol. The lowest BCUT2D eigenvalue weighted by molar-refractivity contribution is 0.791. The van der Waals surface area contributed by atoms with E-state index in [1.165, 1.54) is 48.0 Å². The molecular formula is C36H26N2S. The van der Waals surface area contributed by atoms with Crippen LogP contribution in [0.3, 0.4) is 0 Å². The summed E-state index contributed by atoms with van der Waals surface area (Å²) in [5.41, 5.74) is 9.09. The molecule has 1 aliphatic carbocycles. The van der Waals surface area contributed by atoms with Crippen LogP contribution in [0.15, 0.2) is 97.2 Å². The lowest BCUT2D eigenvalue weighted by Crippen LogP contribution is -1.94. The van der Waals surface area contributed by atoms with Gasteiger partial charge in [-0.05, 0) is 70.5 Å². The van der Waals surface area contributed by atoms with Crippen molar-refractivity contribution in [3.05, 3.63) is 113 Å². The smallest absolute Gasteiger partial charge is 0.0979 e. The Morgan fingerprint density at radius 2 is 1.44 bits per heavy atom. The normalized spacial score (nSPS) is 15.0. The van der Waals surface area contributed by atoms with E-state index in [2.05, 4.69) is 111 Å². The molecule has 186 valence electrons. The van der Waals surface area contributed by atoms with Crippen molar-refractivity contribution in [2.45, 2.75) is 26.2 Å². The molecule has 0 spiro atoms. The number of hydrogen-bond acceptors (Lipinski definition) is 3. The summed E-state index contributed by atoms with van der Waals surface area (Å²) in [5, 5.41) is 6.09. The lowest BCUT2D eigenvalue weighted by atomic mass is 9.92. The van der Waals surface area contributed by atoms with Crippen LogP contribution in [0.1, 0.15) is 35.3 Å². The van der Waals surface area contributed by atoms with Gasteiger partial charge in [-0.15, -0.1) is 11.3 Å². The zero-order chi connectivity index (χ0) is 26.1. The molecule has 1 unspecified atom stereocenters. The van der Waals surface area contributed by atoms with E-state index < -0.39 is 0 Å². The molecule has 3 heteroatoms. The van der Waals surface area contributed by atoms with Crippen LogP contribution < -0.4 is 0 Å². The standard InChI is InChI=1S/C36H26N2S/c1-21-9-7-16-30-31-19-25(17-22(2)36(31)39-35(21)30)23-10-8-11-24(18-23)32-20-37-33-28-14-5-3-12-26(28)27-13-4-6-15-29(27)34(33)38-32/h3-8,10-21H,9H2,1-2H3. The third-order valence-corrected chi connectivity index (χ3v) is 9.77. The number of allylic oxidation sites excluding steroid dienone is 1. The molecule has 0 radical (unpaired) electrons. The number of aryl methyl sites for hydroxylation is 1. The fourth-order valence-electron chi connectivity index (χ4n) is 6.23. The number of benzene rings is 5. The fourth-order valence-corrected chi connectivity index (χ4v) is 7.53. The van der Waals surface area contributed by atoms with Gasteiger partial charge in [-0.3, -0.25) is 4.98 Å². The van der Waals surface area contributed by atoms with Crippen molar-refractivity contribution >= 4 is 60.1 Å². The lowest BCUT2D eigenvalue weighted by Gasteiger charge is -2.13. The van der Waals surface area contributed by atoms with Gasteiger partial charge in [0.05, 0.1) is 22.9 Å². The highest BCUT2D eigenvalue weighted by Gasteiger charge is 2.20. The number of nitrogens with zero attached hydrogens (tertiary/aromatic N) is 2. The van der Waals surface area contributed by atoms with Crippen molar-refractivity contribution in [3.63, 3.8) is 0 Å². The number of fused-ring (bicyclic) bond motifs is 9. The predicted octanol–water partition coefficient (Wildman–Crippen LogP) is 10.3. The summed E-state index contributed by atoms with van der Waals surface area (Å²) >= 11 is 1.97. The fraction of sp³-hybridized carbons (Fsp3) is 0.111. The van der Waals surface area contributed by atoms with Gasteiger partial charge in [0.1, 0.15) is 0 Å². The van der Waals surface area contributed by atoms with Crippen LogP contribution in [0.2, 0.25) is 0 Å². The second kappa shape index (κ2) is 8.59. The third-order valence-electron chi connectivity index (χ3n) is 8.18. The van der Waals surface area contributed by atoms with Crippen molar-refractivity contribution in [2.24, 2.45) is 0 Å². The van der Waals surface area contributed by atoms with Crippen LogP contribution >= 0.6 is 11.3 Å². The maximum Gasteiger partial charge on any atom is 0.0979 e. The molecular weight excluding hydrogens is 492 g/mol. The minimum absolute atomic E-state index is 0.591. The van der Waals surface area contributed by atoms with E-state index in [0.29, 0.717) is 5.92 Å². The first kappa shape index (κ1) is 22.6. The van der Waals surface area contributed by atoms with Crippen LogP contribution in [0, 0.1) is 6.92 Å². The Balaban J connectivity index is 1.30. The van der Waals surface area contributed by atoms with Gasteiger partial charge in [-0.1, -0.05) is 85.8 Å². The van der Waals surface area contributed by atoms with Gasteiger partial charge in [-0.2, -0.15) is 0 Å². The van der Waals surface area contributed by atoms with Crippen molar-refractivity contribution in [2.75, 3.05) is 0 Å². The van der Waals surface area contributed by atoms with Gasteiger partial charge in [0.25, 0.3) is 0 Å². The van der Waals surface area contributed by atoms with Gasteiger partial charge in [0.2, 0.25) is 0 Å². The van der Waals surface area contributed by atoms with Crippen LogP contribution in [-0.4, -0.2) is 9.97 Å². The maximum atomic E-state index is 5.21. The van der Waals surface area contributed by atoms with E-state index in [-0.39, 0.29) is 0 Å². The minimum atomic E-state index is 0.591. The molecule has 0 amide bonds. The summed E-state index contributed by atoms with van der Waals surface area (Å²) in [6.07, 6.45) is 7.71. The Bertz CT molecular complexity index is 2100. The average molecular weight is 519 g/mol. The summed E-state index contributed by atoms with van der Waals surface area (Å²) in [4.78, 5) is 11.7.